The van der Waals surface area contributed by atoms with Crippen LogP contribution in [0, 0.1) is 0 Å². The highest BCUT2D eigenvalue weighted by molar-refractivity contribution is 5.94. The van der Waals surface area contributed by atoms with Crippen molar-refractivity contribution in [2.24, 2.45) is 0 Å². The van der Waals surface area contributed by atoms with Crippen molar-refractivity contribution < 1.29 is 14.6 Å². The quantitative estimate of drug-likeness (QED) is 0.791. The van der Waals surface area contributed by atoms with Gasteiger partial charge in [0.1, 0.15) is 5.75 Å². The second-order valence-corrected chi connectivity index (χ2v) is 3.93. The molecule has 1 heterocycles. The third kappa shape index (κ3) is 2.73. The van der Waals surface area contributed by atoms with E-state index in [1.54, 1.807) is 12.1 Å². The number of hydrogen-bond donors (Lipinski definition) is 2. The van der Waals surface area contributed by atoms with Gasteiger partial charge in [0.25, 0.3) is 5.91 Å². The lowest BCUT2D eigenvalue weighted by Gasteiger charge is -2.23. The van der Waals surface area contributed by atoms with E-state index in [9.17, 15) is 4.79 Å². The van der Waals surface area contributed by atoms with E-state index in [0.29, 0.717) is 12.2 Å². The normalized spacial score (nSPS) is 20.4. The molecular weight excluding hydrogens is 206 g/mol. The van der Waals surface area contributed by atoms with Crippen LogP contribution in [0.3, 0.4) is 0 Å². The van der Waals surface area contributed by atoms with Crippen LogP contribution < -0.4 is 5.32 Å². The molecule has 0 aliphatic carbocycles. The van der Waals surface area contributed by atoms with E-state index in [0.717, 1.165) is 19.4 Å². The maximum Gasteiger partial charge on any atom is 0.251 e. The Hall–Kier alpha value is -1.55. The summed E-state index contributed by atoms with van der Waals surface area (Å²) in [6, 6.07) is 6.33. The van der Waals surface area contributed by atoms with E-state index in [1.165, 1.54) is 12.1 Å². The molecule has 2 rings (SSSR count). The zero-order valence-corrected chi connectivity index (χ0v) is 8.98. The summed E-state index contributed by atoms with van der Waals surface area (Å²) in [6.07, 6.45) is 1.95. The Balaban J connectivity index is 1.94. The van der Waals surface area contributed by atoms with Crippen LogP contribution in [0.1, 0.15) is 23.2 Å². The molecule has 4 heteroatoms. The van der Waals surface area contributed by atoms with Gasteiger partial charge < -0.3 is 15.2 Å². The Morgan fingerprint density at radius 1 is 1.38 bits per heavy atom. The maximum absolute atomic E-state index is 11.8. The summed E-state index contributed by atoms with van der Waals surface area (Å²) >= 11 is 0. The first-order valence-electron chi connectivity index (χ1n) is 5.43. The third-order valence-corrected chi connectivity index (χ3v) is 2.63. The van der Waals surface area contributed by atoms with Crippen molar-refractivity contribution in [1.82, 2.24) is 5.32 Å². The van der Waals surface area contributed by atoms with Crippen LogP contribution in [0.5, 0.6) is 5.75 Å². The summed E-state index contributed by atoms with van der Waals surface area (Å²) in [4.78, 5) is 11.8. The lowest BCUT2D eigenvalue weighted by atomic mass is 10.1. The fourth-order valence-corrected chi connectivity index (χ4v) is 1.74. The molecule has 1 aliphatic heterocycles. The molecule has 86 valence electrons. The van der Waals surface area contributed by atoms with Gasteiger partial charge in [-0.3, -0.25) is 4.79 Å². The van der Waals surface area contributed by atoms with Crippen molar-refractivity contribution >= 4 is 5.91 Å². The van der Waals surface area contributed by atoms with Crippen LogP contribution in [-0.4, -0.2) is 30.3 Å². The number of benzene rings is 1. The van der Waals surface area contributed by atoms with Gasteiger partial charge in [0.2, 0.25) is 0 Å². The highest BCUT2D eigenvalue weighted by atomic mass is 16.5. The summed E-state index contributed by atoms with van der Waals surface area (Å²) in [7, 11) is 0. The highest BCUT2D eigenvalue weighted by Gasteiger charge is 2.16. The van der Waals surface area contributed by atoms with Crippen molar-refractivity contribution in [3.63, 3.8) is 0 Å². The molecule has 1 unspecified atom stereocenters. The third-order valence-electron chi connectivity index (χ3n) is 2.63. The Bertz CT molecular complexity index is 355. The molecule has 0 saturated carbocycles. The molecule has 1 saturated heterocycles. The second kappa shape index (κ2) is 4.99. The molecule has 0 bridgehead atoms. The van der Waals surface area contributed by atoms with Crippen molar-refractivity contribution in [3.8, 4) is 5.75 Å². The summed E-state index contributed by atoms with van der Waals surface area (Å²) in [5.74, 6) is 0.0491. The van der Waals surface area contributed by atoms with Crippen molar-refractivity contribution in [2.45, 2.75) is 18.9 Å². The Labute approximate surface area is 94.2 Å². The van der Waals surface area contributed by atoms with Crippen molar-refractivity contribution in [1.29, 1.82) is 0 Å². The van der Waals surface area contributed by atoms with Crippen molar-refractivity contribution in [2.75, 3.05) is 13.2 Å². The Kier molecular flexibility index (Phi) is 3.41. The van der Waals surface area contributed by atoms with Crippen LogP contribution in [-0.2, 0) is 4.74 Å². The van der Waals surface area contributed by atoms with Crippen LogP contribution in [0.25, 0.3) is 0 Å². The standard InChI is InChI=1S/C12H15NO3/c14-11-5-3-9(4-6-11)12(15)13-10-2-1-7-16-8-10/h3-6,10,14H,1-2,7-8H2,(H,13,15). The van der Waals surface area contributed by atoms with Gasteiger partial charge in [0.05, 0.1) is 12.6 Å². The van der Waals surface area contributed by atoms with E-state index in [2.05, 4.69) is 5.32 Å². The summed E-state index contributed by atoms with van der Waals surface area (Å²) in [5, 5.41) is 12.0. The zero-order chi connectivity index (χ0) is 11.4. The van der Waals surface area contributed by atoms with Gasteiger partial charge in [-0.2, -0.15) is 0 Å². The van der Waals surface area contributed by atoms with Gasteiger partial charge in [-0.15, -0.1) is 0 Å². The van der Waals surface area contributed by atoms with Gasteiger partial charge in [-0.25, -0.2) is 0 Å². The number of ether oxygens (including phenoxy) is 1. The first-order chi connectivity index (χ1) is 7.75. The number of amides is 1. The number of carbonyl (C=O) groups excluding carboxylic acids is 1. The molecule has 16 heavy (non-hydrogen) atoms. The Morgan fingerprint density at radius 2 is 2.12 bits per heavy atom. The average Bonchev–Trinajstić information content (AvgIpc) is 2.31. The highest BCUT2D eigenvalue weighted by Crippen LogP contribution is 2.11. The largest absolute Gasteiger partial charge is 0.508 e. The SMILES string of the molecule is O=C(NC1CCCOC1)c1ccc(O)cc1. The molecule has 4 nitrogen and oxygen atoms in total. The number of carbonyl (C=O) groups is 1. The minimum Gasteiger partial charge on any atom is -0.508 e. The van der Waals surface area contributed by atoms with E-state index >= 15 is 0 Å². The number of nitrogens with one attached hydrogen (secondary N) is 1. The van der Waals surface area contributed by atoms with Crippen LogP contribution >= 0.6 is 0 Å². The van der Waals surface area contributed by atoms with Gasteiger partial charge in [-0.1, -0.05) is 0 Å². The van der Waals surface area contributed by atoms with Gasteiger partial charge in [0, 0.05) is 12.2 Å². The maximum atomic E-state index is 11.8. The van der Waals surface area contributed by atoms with Gasteiger partial charge >= 0.3 is 0 Å². The molecule has 1 fully saturated rings. The first kappa shape index (κ1) is 11.0. The molecule has 1 amide bonds. The van der Waals surface area contributed by atoms with E-state index in [-0.39, 0.29) is 17.7 Å². The van der Waals surface area contributed by atoms with Crippen LogP contribution in [0.4, 0.5) is 0 Å². The first-order valence-corrected chi connectivity index (χ1v) is 5.43. The number of phenolic OH excluding ortho intramolecular Hbond substituents is 1. The second-order valence-electron chi connectivity index (χ2n) is 3.93. The van der Waals surface area contributed by atoms with Crippen LogP contribution in [0.15, 0.2) is 24.3 Å². The Morgan fingerprint density at radius 3 is 2.75 bits per heavy atom. The molecule has 0 aromatic heterocycles. The molecule has 1 aromatic carbocycles. The minimum absolute atomic E-state index is 0.107. The van der Waals surface area contributed by atoms with Gasteiger partial charge in [0.15, 0.2) is 0 Å². The summed E-state index contributed by atoms with van der Waals surface area (Å²) < 4.78 is 5.28. The monoisotopic (exact) mass is 221 g/mol. The molecule has 1 aliphatic rings. The molecule has 2 N–H and O–H groups in total. The predicted octanol–water partition coefficient (Wildman–Crippen LogP) is 1.30. The smallest absolute Gasteiger partial charge is 0.251 e. The molecule has 0 radical (unpaired) electrons. The average molecular weight is 221 g/mol. The number of phenols is 1. The molecule has 1 aromatic rings. The van der Waals surface area contributed by atoms with Crippen molar-refractivity contribution in [3.05, 3.63) is 29.8 Å². The number of aromatic hydroxyl groups is 1. The predicted molar refractivity (Wildman–Crippen MR) is 59.4 cm³/mol. The van der Waals surface area contributed by atoms with E-state index in [4.69, 9.17) is 9.84 Å². The zero-order valence-electron chi connectivity index (χ0n) is 8.98. The minimum atomic E-state index is -0.115. The lowest BCUT2D eigenvalue weighted by Crippen LogP contribution is -2.40. The molecule has 1 atom stereocenters. The fraction of sp³-hybridized carbons (Fsp3) is 0.417. The summed E-state index contributed by atoms with van der Waals surface area (Å²) in [5.41, 5.74) is 0.559. The molecular formula is C12H15NO3. The number of rotatable bonds is 2. The van der Waals surface area contributed by atoms with Gasteiger partial charge in [-0.05, 0) is 37.1 Å². The van der Waals surface area contributed by atoms with Crippen LogP contribution in [0.2, 0.25) is 0 Å². The van der Waals surface area contributed by atoms with E-state index < -0.39 is 0 Å². The topological polar surface area (TPSA) is 58.6 Å². The molecule has 0 spiro atoms. The van der Waals surface area contributed by atoms with E-state index in [1.807, 2.05) is 0 Å². The lowest BCUT2D eigenvalue weighted by molar-refractivity contribution is 0.0624. The number of hydrogen-bond acceptors (Lipinski definition) is 3. The fourth-order valence-electron chi connectivity index (χ4n) is 1.74. The summed E-state index contributed by atoms with van der Waals surface area (Å²) in [6.45, 7) is 1.37.